The predicted molar refractivity (Wildman–Crippen MR) is 120 cm³/mol. The third-order valence-corrected chi connectivity index (χ3v) is 8.55. The molecule has 2 amide bonds. The van der Waals surface area contributed by atoms with Gasteiger partial charge in [-0.1, -0.05) is 39.0 Å². The molecule has 1 aromatic rings. The lowest BCUT2D eigenvalue weighted by Gasteiger charge is -2.54. The molecule has 0 bridgehead atoms. The molecule has 2 aliphatic carbocycles. The van der Waals surface area contributed by atoms with E-state index in [4.69, 9.17) is 4.74 Å². The van der Waals surface area contributed by atoms with Crippen molar-refractivity contribution in [1.29, 1.82) is 0 Å². The second-order valence-electron chi connectivity index (χ2n) is 11.8. The summed E-state index contributed by atoms with van der Waals surface area (Å²) in [6, 6.07) is 7.03. The van der Waals surface area contributed by atoms with Crippen LogP contribution in [0.1, 0.15) is 81.9 Å². The quantitative estimate of drug-likeness (QED) is 0.751. The molecule has 168 valence electrons. The Balaban J connectivity index is 1.15. The van der Waals surface area contributed by atoms with E-state index in [1.165, 1.54) is 29.5 Å². The van der Waals surface area contributed by atoms with Crippen molar-refractivity contribution in [2.24, 2.45) is 11.3 Å². The van der Waals surface area contributed by atoms with Crippen molar-refractivity contribution in [3.63, 3.8) is 0 Å². The first kappa shape index (κ1) is 20.8. The van der Waals surface area contributed by atoms with Crippen molar-refractivity contribution < 1.29 is 14.3 Å². The highest BCUT2D eigenvalue weighted by Gasteiger charge is 2.54. The minimum Gasteiger partial charge on any atom is -0.447 e. The molecule has 5 rings (SSSR count). The summed E-state index contributed by atoms with van der Waals surface area (Å²) in [5, 5.41) is 2.89. The lowest BCUT2D eigenvalue weighted by atomic mass is 9.55. The molecular weight excluding hydrogens is 388 g/mol. The van der Waals surface area contributed by atoms with Crippen molar-refractivity contribution >= 4 is 12.0 Å². The topological polar surface area (TPSA) is 58.6 Å². The zero-order chi connectivity index (χ0) is 22.0. The molecule has 2 saturated heterocycles. The fourth-order valence-corrected chi connectivity index (χ4v) is 6.39. The maximum Gasteiger partial charge on any atom is 0.407 e. The average molecular weight is 425 g/mol. The van der Waals surface area contributed by atoms with Gasteiger partial charge in [0.05, 0.1) is 5.54 Å². The molecule has 2 heterocycles. The number of nitrogens with zero attached hydrogens (tertiary/aromatic N) is 1. The van der Waals surface area contributed by atoms with Crippen molar-refractivity contribution in [3.8, 4) is 0 Å². The summed E-state index contributed by atoms with van der Waals surface area (Å²) in [6.07, 6.45) is 5.90. The van der Waals surface area contributed by atoms with Gasteiger partial charge in [-0.15, -0.1) is 0 Å². The number of ether oxygens (including phenoxy) is 1. The number of nitrogens with one attached hydrogen (secondary N) is 1. The summed E-state index contributed by atoms with van der Waals surface area (Å²) >= 11 is 0. The molecule has 0 aromatic heterocycles. The van der Waals surface area contributed by atoms with E-state index in [9.17, 15) is 9.59 Å². The molecular formula is C26H36N2O3. The average Bonchev–Trinajstić information content (AvgIpc) is 3.06. The van der Waals surface area contributed by atoms with E-state index in [1.807, 2.05) is 0 Å². The first-order chi connectivity index (χ1) is 14.6. The van der Waals surface area contributed by atoms with Gasteiger partial charge in [-0.3, -0.25) is 4.79 Å². The summed E-state index contributed by atoms with van der Waals surface area (Å²) in [6.45, 7) is 11.3. The fraction of sp³-hybridized carbons (Fsp3) is 0.692. The third-order valence-electron chi connectivity index (χ3n) is 8.55. The number of hydrogen-bond acceptors (Lipinski definition) is 3. The number of hydrogen-bond donors (Lipinski definition) is 1. The van der Waals surface area contributed by atoms with E-state index in [1.54, 1.807) is 0 Å². The van der Waals surface area contributed by atoms with E-state index in [0.29, 0.717) is 17.9 Å². The standard InChI is InChI=1S/C26H36N2O3/c1-17-5-6-20(24(2,3)4)11-21(17)18-12-25(13-18)7-9-28(10-8-25)22(29)19-14-26(15-19)16-31-23(30)27-26/h5-6,11,18-19H,7-10,12-16H2,1-4H3,(H,27,30). The third kappa shape index (κ3) is 3.64. The smallest absolute Gasteiger partial charge is 0.407 e. The Bertz CT molecular complexity index is 894. The molecule has 4 aliphatic rings. The minimum atomic E-state index is -0.339. The van der Waals surface area contributed by atoms with Gasteiger partial charge in [-0.2, -0.15) is 0 Å². The van der Waals surface area contributed by atoms with E-state index in [2.05, 4.69) is 56.1 Å². The van der Waals surface area contributed by atoms with Crippen molar-refractivity contribution in [2.45, 2.75) is 83.1 Å². The Morgan fingerprint density at radius 2 is 1.81 bits per heavy atom. The predicted octanol–water partition coefficient (Wildman–Crippen LogP) is 4.67. The molecule has 0 radical (unpaired) electrons. The summed E-state index contributed by atoms with van der Waals surface area (Å²) in [7, 11) is 0. The Morgan fingerprint density at radius 1 is 1.13 bits per heavy atom. The second-order valence-corrected chi connectivity index (χ2v) is 11.8. The number of rotatable bonds is 2. The summed E-state index contributed by atoms with van der Waals surface area (Å²) in [4.78, 5) is 26.4. The zero-order valence-corrected chi connectivity index (χ0v) is 19.4. The first-order valence-corrected chi connectivity index (χ1v) is 11.9. The molecule has 1 aromatic carbocycles. The molecule has 5 nitrogen and oxygen atoms in total. The number of benzene rings is 1. The summed E-state index contributed by atoms with van der Waals surface area (Å²) < 4.78 is 5.04. The minimum absolute atomic E-state index is 0.0491. The second kappa shape index (κ2) is 6.98. The lowest BCUT2D eigenvalue weighted by molar-refractivity contribution is -0.144. The van der Waals surface area contributed by atoms with Crippen LogP contribution in [0, 0.1) is 18.3 Å². The summed E-state index contributed by atoms with van der Waals surface area (Å²) in [5.41, 5.74) is 4.73. The first-order valence-electron chi connectivity index (χ1n) is 11.9. The molecule has 0 unspecified atom stereocenters. The van der Waals surface area contributed by atoms with Crippen molar-refractivity contribution in [3.05, 3.63) is 34.9 Å². The monoisotopic (exact) mass is 424 g/mol. The maximum atomic E-state index is 13.0. The maximum absolute atomic E-state index is 13.0. The number of aryl methyl sites for hydroxylation is 1. The van der Waals surface area contributed by atoms with Crippen LogP contribution in [0.25, 0.3) is 0 Å². The normalized spacial score (nSPS) is 26.9. The number of carbonyl (C=O) groups excluding carboxylic acids is 2. The SMILES string of the molecule is Cc1ccc(C(C)(C)C)cc1C1CC2(CCN(C(=O)C3CC4(COC(=O)N4)C3)CC2)C1. The number of piperidine rings is 1. The molecule has 5 heteroatoms. The number of cyclic esters (lactones) is 1. The van der Waals surface area contributed by atoms with Gasteiger partial charge in [-0.25, -0.2) is 4.79 Å². The largest absolute Gasteiger partial charge is 0.447 e. The molecule has 4 fully saturated rings. The Kier molecular flexibility index (Phi) is 4.69. The van der Waals surface area contributed by atoms with E-state index in [0.717, 1.165) is 38.8 Å². The number of alkyl carbamates (subject to hydrolysis) is 1. The van der Waals surface area contributed by atoms with Gasteiger partial charge in [0.1, 0.15) is 6.61 Å². The highest BCUT2D eigenvalue weighted by atomic mass is 16.6. The number of amides is 2. The van der Waals surface area contributed by atoms with E-state index >= 15 is 0 Å². The van der Waals surface area contributed by atoms with Gasteiger partial charge in [0.15, 0.2) is 0 Å². The van der Waals surface area contributed by atoms with Crippen LogP contribution < -0.4 is 5.32 Å². The van der Waals surface area contributed by atoms with Gasteiger partial charge in [0, 0.05) is 19.0 Å². The Hall–Kier alpha value is -2.04. The van der Waals surface area contributed by atoms with Crippen LogP contribution in [0.2, 0.25) is 0 Å². The summed E-state index contributed by atoms with van der Waals surface area (Å²) in [5.74, 6) is 1.00. The van der Waals surface area contributed by atoms with Crippen LogP contribution in [0.5, 0.6) is 0 Å². The van der Waals surface area contributed by atoms with Gasteiger partial charge in [0.25, 0.3) is 0 Å². The highest BCUT2D eigenvalue weighted by Crippen LogP contribution is 2.57. The molecule has 2 spiro atoms. The molecule has 31 heavy (non-hydrogen) atoms. The van der Waals surface area contributed by atoms with E-state index in [-0.39, 0.29) is 28.9 Å². The van der Waals surface area contributed by atoms with Gasteiger partial charge >= 0.3 is 6.09 Å². The van der Waals surface area contributed by atoms with Gasteiger partial charge < -0.3 is 15.0 Å². The van der Waals surface area contributed by atoms with Crippen LogP contribution in [0.3, 0.4) is 0 Å². The van der Waals surface area contributed by atoms with Crippen LogP contribution in [-0.4, -0.2) is 42.1 Å². The fourth-order valence-electron chi connectivity index (χ4n) is 6.39. The van der Waals surface area contributed by atoms with Crippen LogP contribution in [-0.2, 0) is 14.9 Å². The Morgan fingerprint density at radius 3 is 2.39 bits per heavy atom. The van der Waals surface area contributed by atoms with Gasteiger partial charge in [-0.05, 0) is 78.9 Å². The van der Waals surface area contributed by atoms with Gasteiger partial charge in [0.2, 0.25) is 5.91 Å². The number of likely N-dealkylation sites (tertiary alicyclic amines) is 1. The molecule has 2 saturated carbocycles. The molecule has 1 N–H and O–H groups in total. The lowest BCUT2D eigenvalue weighted by Crippen LogP contribution is -2.59. The Labute approximate surface area is 185 Å². The zero-order valence-electron chi connectivity index (χ0n) is 19.4. The van der Waals surface area contributed by atoms with E-state index < -0.39 is 0 Å². The van der Waals surface area contributed by atoms with Crippen molar-refractivity contribution in [1.82, 2.24) is 10.2 Å². The highest BCUT2D eigenvalue weighted by molar-refractivity contribution is 5.81. The van der Waals surface area contributed by atoms with Crippen LogP contribution in [0.4, 0.5) is 4.79 Å². The number of carbonyl (C=O) groups is 2. The molecule has 2 aliphatic heterocycles. The van der Waals surface area contributed by atoms with Crippen LogP contribution in [0.15, 0.2) is 18.2 Å². The van der Waals surface area contributed by atoms with Crippen LogP contribution >= 0.6 is 0 Å². The molecule has 0 atom stereocenters. The van der Waals surface area contributed by atoms with Crippen molar-refractivity contribution in [2.75, 3.05) is 19.7 Å².